The minimum absolute atomic E-state index is 0.0634. The number of nitrogens with two attached hydrogens (primary N) is 1. The van der Waals surface area contributed by atoms with Crippen molar-refractivity contribution < 1.29 is 4.79 Å². The van der Waals surface area contributed by atoms with Gasteiger partial charge in [-0.05, 0) is 31.4 Å². The highest BCUT2D eigenvalue weighted by Crippen LogP contribution is 2.21. The summed E-state index contributed by atoms with van der Waals surface area (Å²) in [6.45, 7) is 7.51. The largest absolute Gasteiger partial charge is 0.337 e. The summed E-state index contributed by atoms with van der Waals surface area (Å²) < 4.78 is 0. The number of pyridine rings is 1. The predicted octanol–water partition coefficient (Wildman–Crippen LogP) is 1.77. The SMILES string of the molecule is CC(C)c1cc(C(=O)N2CCC(C)(N)C2)ccn1. The Morgan fingerprint density at radius 1 is 1.56 bits per heavy atom. The fourth-order valence-electron chi connectivity index (χ4n) is 2.24. The molecule has 18 heavy (non-hydrogen) atoms. The van der Waals surface area contributed by atoms with Gasteiger partial charge >= 0.3 is 0 Å². The number of rotatable bonds is 2. The first-order valence-electron chi connectivity index (χ1n) is 6.43. The van der Waals surface area contributed by atoms with Crippen LogP contribution >= 0.6 is 0 Å². The number of carbonyl (C=O) groups excluding carboxylic acids is 1. The first kappa shape index (κ1) is 13.0. The van der Waals surface area contributed by atoms with E-state index < -0.39 is 0 Å². The highest BCUT2D eigenvalue weighted by Gasteiger charge is 2.32. The highest BCUT2D eigenvalue weighted by atomic mass is 16.2. The molecule has 0 spiro atoms. The minimum atomic E-state index is -0.246. The van der Waals surface area contributed by atoms with Crippen LogP contribution in [0.5, 0.6) is 0 Å². The van der Waals surface area contributed by atoms with Crippen molar-refractivity contribution >= 4 is 5.91 Å². The Morgan fingerprint density at radius 3 is 2.83 bits per heavy atom. The third kappa shape index (κ3) is 2.70. The molecule has 0 aliphatic carbocycles. The highest BCUT2D eigenvalue weighted by molar-refractivity contribution is 5.94. The standard InChI is InChI=1S/C14H21N3O/c1-10(2)12-8-11(4-6-16-12)13(18)17-7-5-14(3,15)9-17/h4,6,8,10H,5,7,9,15H2,1-3H3. The Kier molecular flexibility index (Phi) is 3.39. The van der Waals surface area contributed by atoms with Crippen molar-refractivity contribution in [1.29, 1.82) is 0 Å². The molecule has 4 nitrogen and oxygen atoms in total. The Balaban J connectivity index is 2.17. The molecule has 2 rings (SSSR count). The zero-order chi connectivity index (χ0) is 13.3. The van der Waals surface area contributed by atoms with Gasteiger partial charge in [-0.25, -0.2) is 0 Å². The second-order valence-corrected chi connectivity index (χ2v) is 5.75. The fourth-order valence-corrected chi connectivity index (χ4v) is 2.24. The van der Waals surface area contributed by atoms with E-state index in [1.165, 1.54) is 0 Å². The number of carbonyl (C=O) groups is 1. The van der Waals surface area contributed by atoms with Gasteiger partial charge in [0.2, 0.25) is 0 Å². The Bertz CT molecular complexity index is 454. The molecule has 1 aliphatic rings. The van der Waals surface area contributed by atoms with Crippen molar-refractivity contribution in [2.75, 3.05) is 13.1 Å². The number of nitrogens with zero attached hydrogens (tertiary/aromatic N) is 2. The Morgan fingerprint density at radius 2 is 2.28 bits per heavy atom. The van der Waals surface area contributed by atoms with Crippen LogP contribution in [0.3, 0.4) is 0 Å². The third-order valence-electron chi connectivity index (χ3n) is 3.41. The average molecular weight is 247 g/mol. The van der Waals surface area contributed by atoms with Gasteiger partial charge in [0.1, 0.15) is 0 Å². The summed E-state index contributed by atoms with van der Waals surface area (Å²) in [6, 6.07) is 3.67. The van der Waals surface area contributed by atoms with Gasteiger partial charge in [0.25, 0.3) is 5.91 Å². The summed E-state index contributed by atoms with van der Waals surface area (Å²) in [5, 5.41) is 0. The predicted molar refractivity (Wildman–Crippen MR) is 71.4 cm³/mol. The molecule has 1 aromatic rings. The van der Waals surface area contributed by atoms with Crippen LogP contribution in [0.15, 0.2) is 18.3 Å². The van der Waals surface area contributed by atoms with Gasteiger partial charge in [-0.1, -0.05) is 13.8 Å². The van der Waals surface area contributed by atoms with E-state index in [1.807, 2.05) is 17.9 Å². The molecule has 0 aromatic carbocycles. The van der Waals surface area contributed by atoms with Crippen LogP contribution in [0, 0.1) is 0 Å². The van der Waals surface area contributed by atoms with E-state index in [1.54, 1.807) is 12.3 Å². The Labute approximate surface area is 108 Å². The van der Waals surface area contributed by atoms with E-state index in [-0.39, 0.29) is 11.4 Å². The van der Waals surface area contributed by atoms with E-state index in [4.69, 9.17) is 5.73 Å². The van der Waals surface area contributed by atoms with Crippen LogP contribution < -0.4 is 5.73 Å². The second kappa shape index (κ2) is 4.69. The number of aromatic nitrogens is 1. The van der Waals surface area contributed by atoms with Crippen LogP contribution in [0.25, 0.3) is 0 Å². The summed E-state index contributed by atoms with van der Waals surface area (Å²) in [4.78, 5) is 18.5. The topological polar surface area (TPSA) is 59.2 Å². The first-order chi connectivity index (χ1) is 8.39. The number of likely N-dealkylation sites (tertiary alicyclic amines) is 1. The molecule has 4 heteroatoms. The summed E-state index contributed by atoms with van der Waals surface area (Å²) in [5.41, 5.74) is 7.48. The van der Waals surface area contributed by atoms with Crippen LogP contribution in [0.2, 0.25) is 0 Å². The third-order valence-corrected chi connectivity index (χ3v) is 3.41. The van der Waals surface area contributed by atoms with Crippen LogP contribution in [0.4, 0.5) is 0 Å². The van der Waals surface area contributed by atoms with E-state index in [2.05, 4.69) is 18.8 Å². The van der Waals surface area contributed by atoms with Gasteiger partial charge < -0.3 is 10.6 Å². The van der Waals surface area contributed by atoms with E-state index in [0.29, 0.717) is 18.0 Å². The molecule has 1 fully saturated rings. The van der Waals surface area contributed by atoms with Crippen molar-refractivity contribution in [3.8, 4) is 0 Å². The summed E-state index contributed by atoms with van der Waals surface area (Å²) >= 11 is 0. The molecule has 1 saturated heterocycles. The molecule has 0 radical (unpaired) electrons. The average Bonchev–Trinajstić information content (AvgIpc) is 2.69. The lowest BCUT2D eigenvalue weighted by Gasteiger charge is -2.20. The number of amides is 1. The van der Waals surface area contributed by atoms with E-state index in [0.717, 1.165) is 18.7 Å². The molecule has 1 unspecified atom stereocenters. The summed E-state index contributed by atoms with van der Waals surface area (Å²) in [6.07, 6.45) is 2.57. The van der Waals surface area contributed by atoms with Gasteiger partial charge in [0.05, 0.1) is 0 Å². The van der Waals surface area contributed by atoms with Crippen molar-refractivity contribution in [2.45, 2.75) is 38.6 Å². The van der Waals surface area contributed by atoms with Crippen molar-refractivity contribution in [3.05, 3.63) is 29.6 Å². The van der Waals surface area contributed by atoms with Gasteiger partial charge in [-0.15, -0.1) is 0 Å². The molecule has 1 aliphatic heterocycles. The molecule has 1 aromatic heterocycles. The second-order valence-electron chi connectivity index (χ2n) is 5.75. The molecule has 0 saturated carbocycles. The number of hydrogen-bond donors (Lipinski definition) is 1. The Hall–Kier alpha value is -1.42. The van der Waals surface area contributed by atoms with Crippen LogP contribution in [-0.2, 0) is 0 Å². The van der Waals surface area contributed by atoms with Crippen molar-refractivity contribution in [3.63, 3.8) is 0 Å². The molecular weight excluding hydrogens is 226 g/mol. The van der Waals surface area contributed by atoms with Crippen molar-refractivity contribution in [1.82, 2.24) is 9.88 Å². The molecule has 2 N–H and O–H groups in total. The lowest BCUT2D eigenvalue weighted by molar-refractivity contribution is 0.0785. The number of hydrogen-bond acceptors (Lipinski definition) is 3. The maximum atomic E-state index is 12.4. The first-order valence-corrected chi connectivity index (χ1v) is 6.43. The molecule has 2 heterocycles. The zero-order valence-electron chi connectivity index (χ0n) is 11.3. The lowest BCUT2D eigenvalue weighted by Crippen LogP contribution is -2.40. The lowest BCUT2D eigenvalue weighted by atomic mass is 10.0. The zero-order valence-corrected chi connectivity index (χ0v) is 11.3. The molecule has 1 amide bonds. The molecule has 1 atom stereocenters. The summed E-state index contributed by atoms with van der Waals surface area (Å²) in [5.74, 6) is 0.393. The smallest absolute Gasteiger partial charge is 0.254 e. The van der Waals surface area contributed by atoms with Crippen LogP contribution in [-0.4, -0.2) is 34.4 Å². The van der Waals surface area contributed by atoms with Crippen LogP contribution in [0.1, 0.15) is 49.2 Å². The quantitative estimate of drug-likeness (QED) is 0.866. The molecular formula is C14H21N3O. The van der Waals surface area contributed by atoms with Crippen molar-refractivity contribution in [2.24, 2.45) is 5.73 Å². The normalized spacial score (nSPS) is 23.7. The molecule has 0 bridgehead atoms. The maximum absolute atomic E-state index is 12.4. The van der Waals surface area contributed by atoms with Gasteiger partial charge in [0, 0.05) is 36.1 Å². The van der Waals surface area contributed by atoms with E-state index >= 15 is 0 Å². The minimum Gasteiger partial charge on any atom is -0.337 e. The summed E-state index contributed by atoms with van der Waals surface area (Å²) in [7, 11) is 0. The van der Waals surface area contributed by atoms with E-state index in [9.17, 15) is 4.79 Å². The van der Waals surface area contributed by atoms with Gasteiger partial charge in [-0.2, -0.15) is 0 Å². The van der Waals surface area contributed by atoms with Gasteiger partial charge in [-0.3, -0.25) is 9.78 Å². The molecule has 98 valence electrons. The maximum Gasteiger partial charge on any atom is 0.254 e. The fraction of sp³-hybridized carbons (Fsp3) is 0.571. The monoisotopic (exact) mass is 247 g/mol. The van der Waals surface area contributed by atoms with Gasteiger partial charge in [0.15, 0.2) is 0 Å².